The Labute approximate surface area is 120 Å². The van der Waals surface area contributed by atoms with Crippen LogP contribution in [0.3, 0.4) is 0 Å². The number of benzene rings is 2. The third-order valence-corrected chi connectivity index (χ3v) is 3.19. The molecule has 1 heterocycles. The van der Waals surface area contributed by atoms with E-state index >= 15 is 0 Å². The highest BCUT2D eigenvalue weighted by Crippen LogP contribution is 2.16. The zero-order chi connectivity index (χ0) is 13.9. The minimum Gasteiger partial charge on any atom is -0.272 e. The van der Waals surface area contributed by atoms with Gasteiger partial charge in [-0.05, 0) is 41.5 Å². The molecular formula is C14H13N5S. The van der Waals surface area contributed by atoms with Crippen LogP contribution in [-0.2, 0) is 0 Å². The first-order chi connectivity index (χ1) is 9.72. The molecule has 6 heteroatoms. The van der Waals surface area contributed by atoms with E-state index in [0.717, 1.165) is 11.3 Å². The standard InChI is InChI=1S/C14H13N5S/c1-9(16-17-13-15-14(20)19-18-13)11-7-6-10-4-2-3-5-12(10)8-11/h2-8H,1H3,(H3,15,17,18,19,20)/b16-9-. The van der Waals surface area contributed by atoms with Crippen molar-refractivity contribution in [1.29, 1.82) is 0 Å². The lowest BCUT2D eigenvalue weighted by Crippen LogP contribution is -2.00. The molecule has 0 saturated heterocycles. The van der Waals surface area contributed by atoms with E-state index in [9.17, 15) is 0 Å². The normalized spacial score (nSPS) is 11.8. The summed E-state index contributed by atoms with van der Waals surface area (Å²) in [5.74, 6) is 0.495. The van der Waals surface area contributed by atoms with Gasteiger partial charge in [0, 0.05) is 0 Å². The molecule has 0 spiro atoms. The van der Waals surface area contributed by atoms with Crippen molar-refractivity contribution in [2.75, 3.05) is 5.43 Å². The molecule has 0 radical (unpaired) electrons. The molecule has 100 valence electrons. The van der Waals surface area contributed by atoms with Crippen LogP contribution in [0.4, 0.5) is 5.95 Å². The lowest BCUT2D eigenvalue weighted by Gasteiger charge is -2.03. The fraction of sp³-hybridized carbons (Fsp3) is 0.0714. The maximum absolute atomic E-state index is 4.87. The second-order valence-electron chi connectivity index (χ2n) is 4.39. The van der Waals surface area contributed by atoms with Crippen LogP contribution < -0.4 is 5.43 Å². The number of nitrogens with zero attached hydrogens (tertiary/aromatic N) is 2. The van der Waals surface area contributed by atoms with E-state index in [2.05, 4.69) is 56.0 Å². The quantitative estimate of drug-likeness (QED) is 0.392. The molecule has 3 aromatic rings. The molecule has 0 saturated carbocycles. The van der Waals surface area contributed by atoms with Gasteiger partial charge in [0.05, 0.1) is 5.71 Å². The van der Waals surface area contributed by atoms with Crippen molar-refractivity contribution in [3.63, 3.8) is 0 Å². The van der Waals surface area contributed by atoms with Crippen LogP contribution in [-0.4, -0.2) is 20.9 Å². The third kappa shape index (κ3) is 2.60. The maximum atomic E-state index is 4.87. The number of hydrogen-bond donors (Lipinski definition) is 3. The fourth-order valence-corrected chi connectivity index (χ4v) is 2.08. The van der Waals surface area contributed by atoms with Crippen LogP contribution in [0.5, 0.6) is 0 Å². The average Bonchev–Trinajstić information content (AvgIpc) is 2.90. The molecule has 1 aromatic heterocycles. The first-order valence-electron chi connectivity index (χ1n) is 6.16. The summed E-state index contributed by atoms with van der Waals surface area (Å²) in [4.78, 5) is 4.01. The molecule has 2 aromatic carbocycles. The van der Waals surface area contributed by atoms with E-state index in [-0.39, 0.29) is 0 Å². The molecule has 0 aliphatic heterocycles. The number of aromatic amines is 2. The number of rotatable bonds is 3. The molecule has 0 atom stereocenters. The molecule has 5 nitrogen and oxygen atoms in total. The predicted octanol–water partition coefficient (Wildman–Crippen LogP) is 3.46. The Balaban J connectivity index is 1.87. The van der Waals surface area contributed by atoms with Crippen LogP contribution in [0, 0.1) is 4.77 Å². The first-order valence-corrected chi connectivity index (χ1v) is 6.57. The average molecular weight is 283 g/mol. The van der Waals surface area contributed by atoms with E-state index < -0.39 is 0 Å². The van der Waals surface area contributed by atoms with E-state index in [1.165, 1.54) is 10.8 Å². The Kier molecular flexibility index (Phi) is 3.30. The number of hydrogen-bond acceptors (Lipinski definition) is 4. The molecule has 3 rings (SSSR count). The van der Waals surface area contributed by atoms with Crippen molar-refractivity contribution in [2.24, 2.45) is 5.10 Å². The van der Waals surface area contributed by atoms with Crippen LogP contribution in [0.25, 0.3) is 10.8 Å². The van der Waals surface area contributed by atoms with Gasteiger partial charge in [0.25, 0.3) is 0 Å². The van der Waals surface area contributed by atoms with Gasteiger partial charge in [0.2, 0.25) is 10.7 Å². The van der Waals surface area contributed by atoms with E-state index in [0.29, 0.717) is 10.7 Å². The van der Waals surface area contributed by atoms with Crippen molar-refractivity contribution in [1.82, 2.24) is 15.2 Å². The minimum absolute atomic E-state index is 0.394. The Morgan fingerprint density at radius 1 is 1.15 bits per heavy atom. The number of nitrogens with one attached hydrogen (secondary N) is 3. The first kappa shape index (κ1) is 12.6. The smallest absolute Gasteiger partial charge is 0.238 e. The zero-order valence-corrected chi connectivity index (χ0v) is 11.7. The third-order valence-electron chi connectivity index (χ3n) is 3.00. The highest BCUT2D eigenvalue weighted by Gasteiger charge is 2.00. The summed E-state index contributed by atoms with van der Waals surface area (Å²) in [6.07, 6.45) is 0. The summed E-state index contributed by atoms with van der Waals surface area (Å²) >= 11 is 4.87. The minimum atomic E-state index is 0.394. The van der Waals surface area contributed by atoms with Crippen LogP contribution in [0.15, 0.2) is 47.6 Å². The molecule has 0 bridgehead atoms. The van der Waals surface area contributed by atoms with E-state index in [1.807, 2.05) is 19.1 Å². The molecule has 0 amide bonds. The highest BCUT2D eigenvalue weighted by molar-refractivity contribution is 7.71. The zero-order valence-electron chi connectivity index (χ0n) is 10.8. The second-order valence-corrected chi connectivity index (χ2v) is 4.77. The SMILES string of the molecule is C/C(=N/Nc1nc(=S)[nH][nH]1)c1ccc2ccccc2c1. The summed E-state index contributed by atoms with van der Waals surface area (Å²) in [5, 5.41) is 12.2. The van der Waals surface area contributed by atoms with Gasteiger partial charge in [-0.1, -0.05) is 36.4 Å². The fourth-order valence-electron chi connectivity index (χ4n) is 1.94. The molecule has 0 aliphatic rings. The second kappa shape index (κ2) is 5.26. The number of fused-ring (bicyclic) bond motifs is 1. The van der Waals surface area contributed by atoms with Gasteiger partial charge in [0.15, 0.2) is 0 Å². The van der Waals surface area contributed by atoms with Crippen molar-refractivity contribution < 1.29 is 0 Å². The predicted molar refractivity (Wildman–Crippen MR) is 83.6 cm³/mol. The van der Waals surface area contributed by atoms with Gasteiger partial charge in [0.1, 0.15) is 0 Å². The van der Waals surface area contributed by atoms with Crippen molar-refractivity contribution in [2.45, 2.75) is 6.92 Å². The molecule has 0 unspecified atom stereocenters. The number of hydrazone groups is 1. The summed E-state index contributed by atoms with van der Waals surface area (Å²) in [5.41, 5.74) is 4.77. The lowest BCUT2D eigenvalue weighted by molar-refractivity contribution is 1.07. The molecule has 3 N–H and O–H groups in total. The largest absolute Gasteiger partial charge is 0.272 e. The van der Waals surface area contributed by atoms with Gasteiger partial charge < -0.3 is 0 Å². The van der Waals surface area contributed by atoms with Crippen LogP contribution in [0.2, 0.25) is 0 Å². The van der Waals surface area contributed by atoms with Gasteiger partial charge >= 0.3 is 0 Å². The lowest BCUT2D eigenvalue weighted by atomic mass is 10.0. The molecule has 20 heavy (non-hydrogen) atoms. The summed E-state index contributed by atoms with van der Waals surface area (Å²) in [6, 6.07) is 14.5. The summed E-state index contributed by atoms with van der Waals surface area (Å²) < 4.78 is 0.394. The van der Waals surface area contributed by atoms with Crippen LogP contribution in [0.1, 0.15) is 12.5 Å². The van der Waals surface area contributed by atoms with Crippen molar-refractivity contribution in [3.8, 4) is 0 Å². The van der Waals surface area contributed by atoms with E-state index in [4.69, 9.17) is 12.2 Å². The Morgan fingerprint density at radius 2 is 1.95 bits per heavy atom. The Bertz CT molecular complexity index is 830. The molecular weight excluding hydrogens is 270 g/mol. The van der Waals surface area contributed by atoms with Gasteiger partial charge in [-0.25, -0.2) is 5.43 Å². The molecule has 0 aliphatic carbocycles. The number of aromatic nitrogens is 3. The topological polar surface area (TPSA) is 68.9 Å². The van der Waals surface area contributed by atoms with Gasteiger partial charge in [-0.3, -0.25) is 10.2 Å². The Hall–Kier alpha value is -2.47. The highest BCUT2D eigenvalue weighted by atomic mass is 32.1. The van der Waals surface area contributed by atoms with Crippen LogP contribution >= 0.6 is 12.2 Å². The summed E-state index contributed by atoms with van der Waals surface area (Å²) in [7, 11) is 0. The number of H-pyrrole nitrogens is 2. The van der Waals surface area contributed by atoms with Crippen molar-refractivity contribution >= 4 is 34.7 Å². The van der Waals surface area contributed by atoms with Gasteiger partial charge in [-0.2, -0.15) is 10.1 Å². The maximum Gasteiger partial charge on any atom is 0.238 e. The van der Waals surface area contributed by atoms with Gasteiger partial charge in [-0.15, -0.1) is 0 Å². The van der Waals surface area contributed by atoms with E-state index in [1.54, 1.807) is 0 Å². The van der Waals surface area contributed by atoms with Crippen molar-refractivity contribution in [3.05, 3.63) is 52.8 Å². The summed E-state index contributed by atoms with van der Waals surface area (Å²) in [6.45, 7) is 1.94. The number of anilines is 1. The molecule has 0 fully saturated rings. The Morgan fingerprint density at radius 3 is 2.70 bits per heavy atom. The monoisotopic (exact) mass is 283 g/mol.